The number of carbonyl (C=O) groups is 1. The minimum absolute atomic E-state index is 0. The molecular formula is C17H25ClN2O. The quantitative estimate of drug-likeness (QED) is 0.926. The maximum absolute atomic E-state index is 12.6. The van der Waals surface area contributed by atoms with Crippen molar-refractivity contribution in [2.45, 2.75) is 45.1 Å². The van der Waals surface area contributed by atoms with Crippen LogP contribution in [0.3, 0.4) is 0 Å². The average molecular weight is 309 g/mol. The number of fused-ring (bicyclic) bond motifs is 1. The Morgan fingerprint density at radius 2 is 2.00 bits per heavy atom. The van der Waals surface area contributed by atoms with Crippen LogP contribution in [0, 0.1) is 5.92 Å². The van der Waals surface area contributed by atoms with Gasteiger partial charge in [0.05, 0.1) is 0 Å². The van der Waals surface area contributed by atoms with Crippen LogP contribution in [0.5, 0.6) is 0 Å². The van der Waals surface area contributed by atoms with E-state index in [9.17, 15) is 4.79 Å². The molecule has 1 saturated carbocycles. The van der Waals surface area contributed by atoms with Gasteiger partial charge in [0.2, 0.25) is 5.91 Å². The Balaban J connectivity index is 0.00000161. The fourth-order valence-corrected chi connectivity index (χ4v) is 3.48. The molecule has 0 atom stereocenters. The zero-order valence-electron chi connectivity index (χ0n) is 12.5. The summed E-state index contributed by atoms with van der Waals surface area (Å²) >= 11 is 0. The van der Waals surface area contributed by atoms with E-state index >= 15 is 0 Å². The predicted molar refractivity (Wildman–Crippen MR) is 88.9 cm³/mol. The maximum atomic E-state index is 12.6. The van der Waals surface area contributed by atoms with Crippen molar-refractivity contribution in [3.05, 3.63) is 29.8 Å². The van der Waals surface area contributed by atoms with E-state index in [0.29, 0.717) is 12.3 Å². The minimum atomic E-state index is 0. The van der Waals surface area contributed by atoms with Crippen LogP contribution in [0.4, 0.5) is 5.69 Å². The van der Waals surface area contributed by atoms with E-state index in [1.807, 2.05) is 17.0 Å². The van der Waals surface area contributed by atoms with Gasteiger partial charge in [-0.1, -0.05) is 43.9 Å². The molecule has 4 heteroatoms. The molecule has 1 N–H and O–H groups in total. The van der Waals surface area contributed by atoms with Gasteiger partial charge in [0.15, 0.2) is 0 Å². The molecule has 0 saturated heterocycles. The van der Waals surface area contributed by atoms with Crippen molar-refractivity contribution in [1.82, 2.24) is 5.32 Å². The van der Waals surface area contributed by atoms with E-state index in [4.69, 9.17) is 0 Å². The summed E-state index contributed by atoms with van der Waals surface area (Å²) in [4.78, 5) is 14.6. The number of halogens is 1. The fourth-order valence-electron chi connectivity index (χ4n) is 3.48. The fraction of sp³-hybridized carbons (Fsp3) is 0.588. The van der Waals surface area contributed by atoms with Crippen molar-refractivity contribution in [3.63, 3.8) is 0 Å². The summed E-state index contributed by atoms with van der Waals surface area (Å²) < 4.78 is 0. The summed E-state index contributed by atoms with van der Waals surface area (Å²) in [5.41, 5.74) is 2.34. The van der Waals surface area contributed by atoms with E-state index in [-0.39, 0.29) is 12.4 Å². The molecule has 0 bridgehead atoms. The molecule has 21 heavy (non-hydrogen) atoms. The van der Waals surface area contributed by atoms with Gasteiger partial charge in [0, 0.05) is 31.7 Å². The zero-order valence-corrected chi connectivity index (χ0v) is 13.3. The standard InChI is InChI=1S/C17H24N2O.ClH/c20-17(10-9-14-5-1-2-6-14)19-12-11-18-13-15-7-3-4-8-16(15)19;/h3-4,7-8,14,18H,1-2,5-6,9-13H2;1H. The number of para-hydroxylation sites is 1. The highest BCUT2D eigenvalue weighted by Gasteiger charge is 2.22. The molecule has 116 valence electrons. The predicted octanol–water partition coefficient (Wildman–Crippen LogP) is 3.52. The van der Waals surface area contributed by atoms with Crippen LogP contribution >= 0.6 is 12.4 Å². The van der Waals surface area contributed by atoms with Gasteiger partial charge in [0.1, 0.15) is 0 Å². The van der Waals surface area contributed by atoms with Crippen molar-refractivity contribution in [3.8, 4) is 0 Å². The second-order valence-corrected chi connectivity index (χ2v) is 6.04. The third kappa shape index (κ3) is 3.98. The van der Waals surface area contributed by atoms with Gasteiger partial charge >= 0.3 is 0 Å². The monoisotopic (exact) mass is 308 g/mol. The normalized spacial score (nSPS) is 18.8. The van der Waals surface area contributed by atoms with Crippen molar-refractivity contribution in [2.75, 3.05) is 18.0 Å². The molecule has 1 aromatic rings. The molecule has 0 radical (unpaired) electrons. The molecule has 1 amide bonds. The van der Waals surface area contributed by atoms with Crippen LogP contribution in [0.2, 0.25) is 0 Å². The lowest BCUT2D eigenvalue weighted by molar-refractivity contribution is -0.118. The number of hydrogen-bond donors (Lipinski definition) is 1. The highest BCUT2D eigenvalue weighted by Crippen LogP contribution is 2.29. The molecule has 1 aliphatic carbocycles. The van der Waals surface area contributed by atoms with Gasteiger partial charge in [-0.15, -0.1) is 12.4 Å². The van der Waals surface area contributed by atoms with E-state index in [1.54, 1.807) is 0 Å². The van der Waals surface area contributed by atoms with Crippen molar-refractivity contribution in [1.29, 1.82) is 0 Å². The first-order valence-corrected chi connectivity index (χ1v) is 7.93. The summed E-state index contributed by atoms with van der Waals surface area (Å²) in [6, 6.07) is 8.27. The lowest BCUT2D eigenvalue weighted by atomic mass is 10.0. The molecule has 3 rings (SSSR count). The van der Waals surface area contributed by atoms with E-state index in [1.165, 1.54) is 31.2 Å². The number of carbonyl (C=O) groups excluding carboxylic acids is 1. The van der Waals surface area contributed by atoms with E-state index < -0.39 is 0 Å². The zero-order chi connectivity index (χ0) is 13.8. The average Bonchev–Trinajstić information content (AvgIpc) is 2.90. The van der Waals surface area contributed by atoms with Gasteiger partial charge < -0.3 is 10.2 Å². The largest absolute Gasteiger partial charge is 0.311 e. The lowest BCUT2D eigenvalue weighted by Gasteiger charge is -2.23. The van der Waals surface area contributed by atoms with Crippen LogP contribution in [-0.2, 0) is 11.3 Å². The molecule has 0 aromatic heterocycles. The van der Waals surface area contributed by atoms with Crippen LogP contribution in [0.15, 0.2) is 24.3 Å². The SMILES string of the molecule is Cl.O=C(CCC1CCCC1)N1CCNCc2ccccc21. The number of hydrogen-bond acceptors (Lipinski definition) is 2. The Morgan fingerprint density at radius 1 is 1.24 bits per heavy atom. The second kappa shape index (κ2) is 7.81. The van der Waals surface area contributed by atoms with Gasteiger partial charge in [-0.3, -0.25) is 4.79 Å². The first-order chi connectivity index (χ1) is 9.84. The minimum Gasteiger partial charge on any atom is -0.311 e. The Morgan fingerprint density at radius 3 is 2.81 bits per heavy atom. The summed E-state index contributed by atoms with van der Waals surface area (Å²) in [6.45, 7) is 2.53. The van der Waals surface area contributed by atoms with Crippen LogP contribution in [0.1, 0.15) is 44.1 Å². The lowest BCUT2D eigenvalue weighted by Crippen LogP contribution is -2.34. The Hall–Kier alpha value is -1.06. The van der Waals surface area contributed by atoms with Gasteiger partial charge in [0.25, 0.3) is 0 Å². The molecule has 0 unspecified atom stereocenters. The number of rotatable bonds is 3. The topological polar surface area (TPSA) is 32.3 Å². The summed E-state index contributed by atoms with van der Waals surface area (Å²) in [7, 11) is 0. The summed E-state index contributed by atoms with van der Waals surface area (Å²) in [5.74, 6) is 1.09. The van der Waals surface area contributed by atoms with Gasteiger partial charge in [-0.25, -0.2) is 0 Å². The molecule has 3 nitrogen and oxygen atoms in total. The second-order valence-electron chi connectivity index (χ2n) is 6.04. The van der Waals surface area contributed by atoms with Crippen molar-refractivity contribution in [2.24, 2.45) is 5.92 Å². The van der Waals surface area contributed by atoms with Crippen molar-refractivity contribution >= 4 is 24.0 Å². The number of nitrogens with one attached hydrogen (secondary N) is 1. The van der Waals surface area contributed by atoms with E-state index in [2.05, 4.69) is 17.4 Å². The Kier molecular flexibility index (Phi) is 6.07. The van der Waals surface area contributed by atoms with Crippen molar-refractivity contribution < 1.29 is 4.79 Å². The van der Waals surface area contributed by atoms with Gasteiger partial charge in [-0.05, 0) is 24.0 Å². The van der Waals surface area contributed by atoms with Crippen LogP contribution < -0.4 is 10.2 Å². The third-order valence-electron chi connectivity index (χ3n) is 4.65. The van der Waals surface area contributed by atoms with Crippen LogP contribution in [-0.4, -0.2) is 19.0 Å². The Bertz CT molecular complexity index is 472. The molecule has 1 aliphatic heterocycles. The third-order valence-corrected chi connectivity index (χ3v) is 4.65. The molecule has 1 aromatic carbocycles. The first-order valence-electron chi connectivity index (χ1n) is 7.93. The molecule has 2 aliphatic rings. The number of benzene rings is 1. The number of amides is 1. The van der Waals surface area contributed by atoms with E-state index in [0.717, 1.165) is 37.7 Å². The molecular weight excluding hydrogens is 284 g/mol. The highest BCUT2D eigenvalue weighted by atomic mass is 35.5. The number of anilines is 1. The highest BCUT2D eigenvalue weighted by molar-refractivity contribution is 5.94. The Labute approximate surface area is 133 Å². The summed E-state index contributed by atoms with van der Waals surface area (Å²) in [5, 5.41) is 3.39. The molecule has 0 spiro atoms. The van der Waals surface area contributed by atoms with Crippen LogP contribution in [0.25, 0.3) is 0 Å². The first kappa shape index (κ1) is 16.3. The summed E-state index contributed by atoms with van der Waals surface area (Å²) in [6.07, 6.45) is 7.14. The maximum Gasteiger partial charge on any atom is 0.227 e. The molecule has 1 fully saturated rings. The smallest absolute Gasteiger partial charge is 0.227 e. The van der Waals surface area contributed by atoms with Gasteiger partial charge in [-0.2, -0.15) is 0 Å². The molecule has 1 heterocycles. The number of nitrogens with zero attached hydrogens (tertiary/aromatic N) is 1.